The lowest BCUT2D eigenvalue weighted by Crippen LogP contribution is -2.08. The maximum absolute atomic E-state index is 6.15. The van der Waals surface area contributed by atoms with Crippen molar-refractivity contribution in [2.45, 2.75) is 26.2 Å². The first kappa shape index (κ1) is 14.9. The molecule has 0 radical (unpaired) electrons. The van der Waals surface area contributed by atoms with Crippen molar-refractivity contribution in [3.63, 3.8) is 0 Å². The summed E-state index contributed by atoms with van der Waals surface area (Å²) in [5, 5.41) is 0. The molecule has 0 aliphatic rings. The number of methoxy groups -OCH3 is 1. The number of benzene rings is 1. The minimum atomic E-state index is 0.275. The number of hydrogen-bond donors (Lipinski definition) is 0. The average Bonchev–Trinajstić information content (AvgIpc) is 2.48. The summed E-state index contributed by atoms with van der Waals surface area (Å²) in [6.45, 7) is 4.07. The summed E-state index contributed by atoms with van der Waals surface area (Å²) in [4.78, 5) is 4.56. The summed E-state index contributed by atoms with van der Waals surface area (Å²) in [7, 11) is 1.70. The Hall–Kier alpha value is -1.54. The highest BCUT2D eigenvalue weighted by Crippen LogP contribution is 2.28. The van der Waals surface area contributed by atoms with Gasteiger partial charge in [0, 0.05) is 34.8 Å². The van der Waals surface area contributed by atoms with Gasteiger partial charge in [-0.05, 0) is 25.8 Å². The van der Waals surface area contributed by atoms with Gasteiger partial charge in [0.05, 0.1) is 7.11 Å². The first-order chi connectivity index (χ1) is 9.67. The second-order valence-corrected chi connectivity index (χ2v) is 5.32. The number of aryl methyl sites for hydroxylation is 1. The monoisotopic (exact) mass is 289 g/mol. The van der Waals surface area contributed by atoms with Crippen LogP contribution in [0.2, 0.25) is 0 Å². The fourth-order valence-corrected chi connectivity index (χ4v) is 2.78. The van der Waals surface area contributed by atoms with Crippen molar-refractivity contribution >= 4 is 11.6 Å². The number of pyridine rings is 1. The van der Waals surface area contributed by atoms with E-state index in [9.17, 15) is 0 Å². The van der Waals surface area contributed by atoms with Crippen molar-refractivity contribution in [3.05, 3.63) is 58.9 Å². The Morgan fingerprint density at radius 1 is 1.20 bits per heavy atom. The van der Waals surface area contributed by atoms with Gasteiger partial charge in [0.2, 0.25) is 0 Å². The lowest BCUT2D eigenvalue weighted by molar-refractivity contribution is 0.406. The van der Waals surface area contributed by atoms with Gasteiger partial charge in [0.15, 0.2) is 0 Å². The van der Waals surface area contributed by atoms with Gasteiger partial charge in [0.1, 0.15) is 5.75 Å². The van der Waals surface area contributed by atoms with Gasteiger partial charge in [-0.3, -0.25) is 4.98 Å². The Bertz CT molecular complexity index is 569. The van der Waals surface area contributed by atoms with Gasteiger partial charge >= 0.3 is 0 Å². The highest BCUT2D eigenvalue weighted by molar-refractivity contribution is 6.18. The van der Waals surface area contributed by atoms with Gasteiger partial charge in [-0.2, -0.15) is 0 Å². The predicted molar refractivity (Wildman–Crippen MR) is 83.9 cm³/mol. The van der Waals surface area contributed by atoms with Crippen LogP contribution in [0.15, 0.2) is 36.5 Å². The molecule has 0 fully saturated rings. The highest BCUT2D eigenvalue weighted by Gasteiger charge is 2.16. The molecule has 2 aromatic rings. The number of alkyl halides is 1. The summed E-state index contributed by atoms with van der Waals surface area (Å²) in [6.07, 6.45) is 2.70. The number of nitrogens with zero attached hydrogens (tertiary/aromatic N) is 1. The molecule has 1 heterocycles. The van der Waals surface area contributed by atoms with Crippen molar-refractivity contribution < 1.29 is 4.74 Å². The molecule has 20 heavy (non-hydrogen) atoms. The van der Waals surface area contributed by atoms with Crippen LogP contribution in [0.1, 0.15) is 28.3 Å². The van der Waals surface area contributed by atoms with E-state index in [-0.39, 0.29) is 5.92 Å². The fraction of sp³-hybridized carbons (Fsp3) is 0.353. The molecule has 0 aliphatic carbocycles. The van der Waals surface area contributed by atoms with E-state index in [0.717, 1.165) is 29.0 Å². The van der Waals surface area contributed by atoms with E-state index in [2.05, 4.69) is 24.0 Å². The van der Waals surface area contributed by atoms with Crippen molar-refractivity contribution in [1.29, 1.82) is 0 Å². The minimum Gasteiger partial charge on any atom is -0.496 e. The molecule has 0 N–H and O–H groups in total. The molecule has 0 saturated heterocycles. The predicted octanol–water partition coefficient (Wildman–Crippen LogP) is 4.27. The van der Waals surface area contributed by atoms with Gasteiger partial charge in [-0.15, -0.1) is 11.6 Å². The number of aromatic nitrogens is 1. The molecule has 0 spiro atoms. The van der Waals surface area contributed by atoms with Crippen LogP contribution >= 0.6 is 11.6 Å². The number of halogens is 1. The molecule has 2 nitrogen and oxygen atoms in total. The van der Waals surface area contributed by atoms with Crippen LogP contribution in [-0.2, 0) is 6.42 Å². The third kappa shape index (κ3) is 3.13. The topological polar surface area (TPSA) is 22.1 Å². The van der Waals surface area contributed by atoms with Crippen LogP contribution in [0.5, 0.6) is 5.75 Å². The summed E-state index contributed by atoms with van der Waals surface area (Å²) in [5.41, 5.74) is 4.49. The van der Waals surface area contributed by atoms with E-state index < -0.39 is 0 Å². The van der Waals surface area contributed by atoms with Crippen LogP contribution in [0.3, 0.4) is 0 Å². The number of hydrogen-bond acceptors (Lipinski definition) is 2. The Kier molecular flexibility index (Phi) is 5.02. The summed E-state index contributed by atoms with van der Waals surface area (Å²) in [6, 6.07) is 10.4. The Morgan fingerprint density at radius 2 is 1.90 bits per heavy atom. The second-order valence-electron chi connectivity index (χ2n) is 5.01. The third-order valence-corrected chi connectivity index (χ3v) is 4.02. The summed E-state index contributed by atoms with van der Waals surface area (Å²) in [5.74, 6) is 1.79. The van der Waals surface area contributed by atoms with E-state index in [0.29, 0.717) is 5.88 Å². The van der Waals surface area contributed by atoms with E-state index in [4.69, 9.17) is 16.3 Å². The quantitative estimate of drug-likeness (QED) is 0.767. The SMILES string of the molecule is COc1c(C)cnc(CC(CCl)c2ccccc2)c1C. The van der Waals surface area contributed by atoms with Crippen LogP contribution in [0, 0.1) is 13.8 Å². The van der Waals surface area contributed by atoms with E-state index in [1.165, 1.54) is 5.56 Å². The first-order valence-electron chi connectivity index (χ1n) is 6.77. The zero-order chi connectivity index (χ0) is 14.5. The minimum absolute atomic E-state index is 0.275. The molecule has 1 aromatic carbocycles. The smallest absolute Gasteiger partial charge is 0.128 e. The fourth-order valence-electron chi connectivity index (χ4n) is 2.50. The molecule has 0 amide bonds. The Morgan fingerprint density at radius 3 is 2.50 bits per heavy atom. The van der Waals surface area contributed by atoms with Crippen LogP contribution in [0.25, 0.3) is 0 Å². The molecule has 1 aromatic heterocycles. The molecule has 2 rings (SSSR count). The molecule has 3 heteroatoms. The Balaban J connectivity index is 2.29. The maximum Gasteiger partial charge on any atom is 0.128 e. The molecule has 106 valence electrons. The standard InChI is InChI=1S/C17H20ClNO/c1-12-11-19-16(13(2)17(12)20-3)9-15(10-18)14-7-5-4-6-8-14/h4-8,11,15H,9-10H2,1-3H3. The van der Waals surface area contributed by atoms with Crippen LogP contribution < -0.4 is 4.74 Å². The van der Waals surface area contributed by atoms with Gasteiger partial charge in [0.25, 0.3) is 0 Å². The number of ether oxygens (including phenoxy) is 1. The third-order valence-electron chi connectivity index (χ3n) is 3.65. The van der Waals surface area contributed by atoms with E-state index in [1.54, 1.807) is 7.11 Å². The zero-order valence-corrected chi connectivity index (χ0v) is 12.9. The molecule has 0 bridgehead atoms. The molecule has 1 unspecified atom stereocenters. The zero-order valence-electron chi connectivity index (χ0n) is 12.2. The van der Waals surface area contributed by atoms with E-state index >= 15 is 0 Å². The molecular weight excluding hydrogens is 270 g/mol. The largest absolute Gasteiger partial charge is 0.496 e. The summed E-state index contributed by atoms with van der Waals surface area (Å²) >= 11 is 6.15. The van der Waals surface area contributed by atoms with Gasteiger partial charge < -0.3 is 4.74 Å². The maximum atomic E-state index is 6.15. The lowest BCUT2D eigenvalue weighted by Gasteiger charge is -2.17. The molecule has 1 atom stereocenters. The Labute approximate surface area is 125 Å². The normalized spacial score (nSPS) is 12.2. The van der Waals surface area contributed by atoms with Crippen molar-refractivity contribution in [2.24, 2.45) is 0 Å². The van der Waals surface area contributed by atoms with Crippen molar-refractivity contribution in [3.8, 4) is 5.75 Å². The molecular formula is C17H20ClNO. The first-order valence-corrected chi connectivity index (χ1v) is 7.30. The summed E-state index contributed by atoms with van der Waals surface area (Å²) < 4.78 is 5.46. The van der Waals surface area contributed by atoms with Crippen molar-refractivity contribution in [2.75, 3.05) is 13.0 Å². The molecule has 0 saturated carbocycles. The highest BCUT2D eigenvalue weighted by atomic mass is 35.5. The van der Waals surface area contributed by atoms with E-state index in [1.807, 2.05) is 31.3 Å². The van der Waals surface area contributed by atoms with Crippen molar-refractivity contribution in [1.82, 2.24) is 4.98 Å². The van der Waals surface area contributed by atoms with Crippen LogP contribution in [0.4, 0.5) is 0 Å². The average molecular weight is 290 g/mol. The van der Waals surface area contributed by atoms with Gasteiger partial charge in [-0.25, -0.2) is 0 Å². The van der Waals surface area contributed by atoms with Crippen LogP contribution in [-0.4, -0.2) is 18.0 Å². The lowest BCUT2D eigenvalue weighted by atomic mass is 9.94. The molecule has 0 aliphatic heterocycles. The van der Waals surface area contributed by atoms with Gasteiger partial charge in [-0.1, -0.05) is 30.3 Å². The second kappa shape index (κ2) is 6.76. The number of rotatable bonds is 5.